The Hall–Kier alpha value is -0.130. The van der Waals surface area contributed by atoms with Gasteiger partial charge in [-0.05, 0) is 26.7 Å². The fourth-order valence-corrected chi connectivity index (χ4v) is 4.03. The third-order valence-corrected chi connectivity index (χ3v) is 5.14. The molecule has 0 aromatic heterocycles. The predicted molar refractivity (Wildman–Crippen MR) is 66.9 cm³/mol. The third-order valence-electron chi connectivity index (χ3n) is 3.07. The molecule has 0 aromatic carbocycles. The Bertz CT molecular complexity index is 323. The lowest BCUT2D eigenvalue weighted by molar-refractivity contribution is 0.291. The van der Waals surface area contributed by atoms with E-state index in [1.54, 1.807) is 4.31 Å². The van der Waals surface area contributed by atoms with E-state index >= 15 is 0 Å². The zero-order valence-electron chi connectivity index (χ0n) is 10.8. The Morgan fingerprint density at radius 1 is 1.38 bits per heavy atom. The molecule has 0 atom stereocenters. The molecule has 0 aromatic rings. The summed E-state index contributed by atoms with van der Waals surface area (Å²) >= 11 is 0. The molecule has 4 nitrogen and oxygen atoms in total. The van der Waals surface area contributed by atoms with Crippen molar-refractivity contribution in [3.05, 3.63) is 0 Å². The molecule has 0 unspecified atom stereocenters. The van der Waals surface area contributed by atoms with Crippen LogP contribution in [0.2, 0.25) is 0 Å². The van der Waals surface area contributed by atoms with Gasteiger partial charge in [0.15, 0.2) is 0 Å². The SMILES string of the molecule is CC(C)NCCS(=O)(=O)N1CCCC1(C)C. The fourth-order valence-electron chi connectivity index (χ4n) is 2.19. The Morgan fingerprint density at radius 2 is 2.00 bits per heavy atom. The Balaban J connectivity index is 2.57. The van der Waals surface area contributed by atoms with E-state index in [4.69, 9.17) is 0 Å². The maximum Gasteiger partial charge on any atom is 0.215 e. The van der Waals surface area contributed by atoms with Crippen molar-refractivity contribution < 1.29 is 8.42 Å². The van der Waals surface area contributed by atoms with Crippen LogP contribution in [0.1, 0.15) is 40.5 Å². The van der Waals surface area contributed by atoms with Gasteiger partial charge in [-0.15, -0.1) is 0 Å². The summed E-state index contributed by atoms with van der Waals surface area (Å²) in [4.78, 5) is 0. The van der Waals surface area contributed by atoms with Crippen LogP contribution in [-0.4, -0.2) is 43.1 Å². The van der Waals surface area contributed by atoms with E-state index in [9.17, 15) is 8.42 Å². The second kappa shape index (κ2) is 5.02. The first-order valence-corrected chi connectivity index (χ1v) is 7.60. The summed E-state index contributed by atoms with van der Waals surface area (Å²) in [5, 5.41) is 3.15. The molecule has 16 heavy (non-hydrogen) atoms. The molecule has 1 rings (SSSR count). The highest BCUT2D eigenvalue weighted by molar-refractivity contribution is 7.89. The van der Waals surface area contributed by atoms with Gasteiger partial charge in [-0.1, -0.05) is 13.8 Å². The van der Waals surface area contributed by atoms with Crippen LogP contribution in [0.25, 0.3) is 0 Å². The maximum absolute atomic E-state index is 12.1. The number of hydrogen-bond acceptors (Lipinski definition) is 3. The van der Waals surface area contributed by atoms with E-state index in [2.05, 4.69) is 5.32 Å². The molecule has 1 N–H and O–H groups in total. The lowest BCUT2D eigenvalue weighted by Gasteiger charge is -2.30. The van der Waals surface area contributed by atoms with Gasteiger partial charge >= 0.3 is 0 Å². The summed E-state index contributed by atoms with van der Waals surface area (Å²) in [7, 11) is -3.09. The van der Waals surface area contributed by atoms with Gasteiger partial charge in [-0.2, -0.15) is 4.31 Å². The molecule has 1 fully saturated rings. The van der Waals surface area contributed by atoms with Crippen LogP contribution in [0.4, 0.5) is 0 Å². The van der Waals surface area contributed by atoms with Gasteiger partial charge in [0.25, 0.3) is 0 Å². The summed E-state index contributed by atoms with van der Waals surface area (Å²) in [5.41, 5.74) is -0.198. The Kier molecular flexibility index (Phi) is 4.37. The highest BCUT2D eigenvalue weighted by Crippen LogP contribution is 2.30. The third kappa shape index (κ3) is 3.43. The van der Waals surface area contributed by atoms with Crippen molar-refractivity contribution in [3.8, 4) is 0 Å². The lowest BCUT2D eigenvalue weighted by atomic mass is 10.0. The molecule has 1 aliphatic rings. The first-order valence-electron chi connectivity index (χ1n) is 5.99. The molecule has 0 radical (unpaired) electrons. The number of nitrogens with zero attached hydrogens (tertiary/aromatic N) is 1. The summed E-state index contributed by atoms with van der Waals surface area (Å²) in [6, 6.07) is 0.335. The summed E-state index contributed by atoms with van der Waals surface area (Å²) < 4.78 is 25.9. The van der Waals surface area contributed by atoms with Crippen molar-refractivity contribution in [3.63, 3.8) is 0 Å². The molecular formula is C11H24N2O2S. The van der Waals surface area contributed by atoms with Crippen LogP contribution >= 0.6 is 0 Å². The highest BCUT2D eigenvalue weighted by atomic mass is 32.2. The minimum absolute atomic E-state index is 0.198. The zero-order valence-corrected chi connectivity index (χ0v) is 11.6. The van der Waals surface area contributed by atoms with Gasteiger partial charge in [0.2, 0.25) is 10.0 Å². The topological polar surface area (TPSA) is 49.4 Å². The predicted octanol–water partition coefficient (Wildman–Crippen LogP) is 1.19. The van der Waals surface area contributed by atoms with Gasteiger partial charge < -0.3 is 5.32 Å². The highest BCUT2D eigenvalue weighted by Gasteiger charge is 2.39. The van der Waals surface area contributed by atoms with Crippen molar-refractivity contribution in [2.24, 2.45) is 0 Å². The minimum atomic E-state index is -3.09. The van der Waals surface area contributed by atoms with Crippen LogP contribution in [0.5, 0.6) is 0 Å². The van der Waals surface area contributed by atoms with Crippen LogP contribution in [0.3, 0.4) is 0 Å². The molecule has 5 heteroatoms. The minimum Gasteiger partial charge on any atom is -0.313 e. The summed E-state index contributed by atoms with van der Waals surface area (Å²) in [6.45, 7) is 9.27. The average molecular weight is 248 g/mol. The first kappa shape index (κ1) is 13.9. The molecular weight excluding hydrogens is 224 g/mol. The van der Waals surface area contributed by atoms with E-state index in [1.807, 2.05) is 27.7 Å². The standard InChI is InChI=1S/C11H24N2O2S/c1-10(2)12-7-9-16(14,15)13-8-5-6-11(13,3)4/h10,12H,5-9H2,1-4H3. The molecule has 1 aliphatic heterocycles. The summed E-state index contributed by atoms with van der Waals surface area (Å²) in [6.07, 6.45) is 1.94. The normalized spacial score (nSPS) is 21.8. The van der Waals surface area contributed by atoms with Gasteiger partial charge in [0, 0.05) is 24.7 Å². The van der Waals surface area contributed by atoms with E-state index in [-0.39, 0.29) is 11.3 Å². The fraction of sp³-hybridized carbons (Fsp3) is 1.00. The Morgan fingerprint density at radius 3 is 2.44 bits per heavy atom. The molecule has 96 valence electrons. The largest absolute Gasteiger partial charge is 0.313 e. The van der Waals surface area contributed by atoms with E-state index in [0.29, 0.717) is 19.1 Å². The van der Waals surface area contributed by atoms with Gasteiger partial charge in [-0.25, -0.2) is 8.42 Å². The molecule has 1 saturated heterocycles. The van der Waals surface area contributed by atoms with Crippen LogP contribution in [0.15, 0.2) is 0 Å². The van der Waals surface area contributed by atoms with Gasteiger partial charge in [0.05, 0.1) is 5.75 Å². The van der Waals surface area contributed by atoms with Crippen molar-refractivity contribution in [1.29, 1.82) is 0 Å². The maximum atomic E-state index is 12.1. The smallest absolute Gasteiger partial charge is 0.215 e. The number of rotatable bonds is 5. The van der Waals surface area contributed by atoms with Crippen molar-refractivity contribution in [1.82, 2.24) is 9.62 Å². The quantitative estimate of drug-likeness (QED) is 0.795. The second-order valence-corrected chi connectivity index (χ2v) is 7.43. The molecule has 1 heterocycles. The van der Waals surface area contributed by atoms with Crippen LogP contribution in [0, 0.1) is 0 Å². The number of sulfonamides is 1. The van der Waals surface area contributed by atoms with Crippen molar-refractivity contribution >= 4 is 10.0 Å². The zero-order chi connectivity index (χ0) is 12.4. The van der Waals surface area contributed by atoms with Crippen LogP contribution in [-0.2, 0) is 10.0 Å². The van der Waals surface area contributed by atoms with E-state index in [1.165, 1.54) is 0 Å². The van der Waals surface area contributed by atoms with E-state index < -0.39 is 10.0 Å². The van der Waals surface area contributed by atoms with Gasteiger partial charge in [-0.3, -0.25) is 0 Å². The van der Waals surface area contributed by atoms with Crippen LogP contribution < -0.4 is 5.32 Å². The molecule has 0 bridgehead atoms. The van der Waals surface area contributed by atoms with Crippen molar-refractivity contribution in [2.45, 2.75) is 52.1 Å². The monoisotopic (exact) mass is 248 g/mol. The molecule has 0 amide bonds. The average Bonchev–Trinajstić information content (AvgIpc) is 2.44. The van der Waals surface area contributed by atoms with E-state index in [0.717, 1.165) is 12.8 Å². The Labute approximate surface area is 99.5 Å². The summed E-state index contributed by atoms with van der Waals surface area (Å²) in [5.74, 6) is 0.203. The molecule has 0 saturated carbocycles. The van der Waals surface area contributed by atoms with Gasteiger partial charge in [0.1, 0.15) is 0 Å². The number of hydrogen-bond donors (Lipinski definition) is 1. The molecule has 0 spiro atoms. The first-order chi connectivity index (χ1) is 7.26. The van der Waals surface area contributed by atoms with Crippen molar-refractivity contribution in [2.75, 3.05) is 18.8 Å². The molecule has 0 aliphatic carbocycles. The number of nitrogens with one attached hydrogen (secondary N) is 1. The second-order valence-electron chi connectivity index (χ2n) is 5.41. The lowest BCUT2D eigenvalue weighted by Crippen LogP contribution is -2.45.